The second-order valence-electron chi connectivity index (χ2n) is 5.15. The predicted octanol–water partition coefficient (Wildman–Crippen LogP) is 2.38. The first-order chi connectivity index (χ1) is 11.1. The molecule has 3 rings (SSSR count). The number of carboxylic acids is 1. The number of Topliss-reactive ketones (excluding diaryl/α,β-unsaturated/α-hetero) is 1. The number of hydrogen-bond donors (Lipinski definition) is 1. The Morgan fingerprint density at radius 1 is 1.00 bits per heavy atom. The van der Waals surface area contributed by atoms with E-state index in [1.807, 2.05) is 30.3 Å². The molecular weight excluding hydrogens is 294 g/mol. The molecule has 0 saturated carbocycles. The van der Waals surface area contributed by atoms with E-state index >= 15 is 0 Å². The number of amides is 1. The zero-order chi connectivity index (χ0) is 16.4. The Labute approximate surface area is 132 Å². The highest BCUT2D eigenvalue weighted by Gasteiger charge is 2.34. The second kappa shape index (κ2) is 5.88. The number of hydrogen-bond acceptors (Lipinski definition) is 3. The monoisotopic (exact) mass is 307 g/mol. The van der Waals surface area contributed by atoms with E-state index in [1.165, 1.54) is 29.2 Å². The number of carbonyl (C=O) groups excluding carboxylic acids is 2. The van der Waals surface area contributed by atoms with Crippen molar-refractivity contribution in [1.29, 1.82) is 0 Å². The highest BCUT2D eigenvalue weighted by molar-refractivity contribution is 6.51. The normalized spacial score (nSPS) is 16.2. The van der Waals surface area contributed by atoms with Gasteiger partial charge in [0.05, 0.1) is 12.1 Å². The van der Waals surface area contributed by atoms with E-state index in [1.54, 1.807) is 6.08 Å². The summed E-state index contributed by atoms with van der Waals surface area (Å²) in [4.78, 5) is 36.5. The van der Waals surface area contributed by atoms with E-state index in [2.05, 4.69) is 0 Å². The first-order valence-electron chi connectivity index (χ1n) is 7.01. The average molecular weight is 307 g/mol. The first-order valence-corrected chi connectivity index (χ1v) is 7.01. The van der Waals surface area contributed by atoms with Gasteiger partial charge in [-0.25, -0.2) is 4.79 Å². The van der Waals surface area contributed by atoms with E-state index in [4.69, 9.17) is 5.11 Å². The van der Waals surface area contributed by atoms with Gasteiger partial charge in [0.25, 0.3) is 5.91 Å². The Morgan fingerprint density at radius 3 is 2.26 bits per heavy atom. The zero-order valence-electron chi connectivity index (χ0n) is 12.1. The van der Waals surface area contributed by atoms with Crippen LogP contribution in [-0.2, 0) is 9.59 Å². The van der Waals surface area contributed by atoms with Gasteiger partial charge in [-0.2, -0.15) is 0 Å². The maximum absolute atomic E-state index is 12.1. The smallest absolute Gasteiger partial charge is 0.335 e. The molecule has 5 nitrogen and oxygen atoms in total. The zero-order valence-corrected chi connectivity index (χ0v) is 12.1. The molecule has 23 heavy (non-hydrogen) atoms. The van der Waals surface area contributed by atoms with Gasteiger partial charge in [0.2, 0.25) is 5.78 Å². The molecule has 0 atom stereocenters. The lowest BCUT2D eigenvalue weighted by Crippen LogP contribution is -2.26. The Kier molecular flexibility index (Phi) is 3.76. The second-order valence-corrected chi connectivity index (χ2v) is 5.15. The van der Waals surface area contributed by atoms with Crippen LogP contribution in [0.25, 0.3) is 6.08 Å². The van der Waals surface area contributed by atoms with E-state index in [-0.39, 0.29) is 12.1 Å². The van der Waals surface area contributed by atoms with Crippen LogP contribution in [-0.4, -0.2) is 29.3 Å². The maximum atomic E-state index is 12.1. The largest absolute Gasteiger partial charge is 0.478 e. The van der Waals surface area contributed by atoms with Crippen LogP contribution in [0, 0.1) is 0 Å². The summed E-state index contributed by atoms with van der Waals surface area (Å²) < 4.78 is 0. The van der Waals surface area contributed by atoms with Crippen LogP contribution in [0.5, 0.6) is 0 Å². The minimum Gasteiger partial charge on any atom is -0.478 e. The van der Waals surface area contributed by atoms with E-state index < -0.39 is 17.7 Å². The molecule has 0 aliphatic carbocycles. The minimum absolute atomic E-state index is 0.131. The summed E-state index contributed by atoms with van der Waals surface area (Å²) in [6, 6.07) is 15.2. The van der Waals surface area contributed by atoms with Crippen LogP contribution in [0.2, 0.25) is 0 Å². The number of rotatable bonds is 3. The van der Waals surface area contributed by atoms with Crippen molar-refractivity contribution in [1.82, 2.24) is 0 Å². The van der Waals surface area contributed by atoms with Crippen molar-refractivity contribution >= 4 is 29.4 Å². The number of anilines is 1. The summed E-state index contributed by atoms with van der Waals surface area (Å²) in [7, 11) is 0. The fraction of sp³-hybridized carbons (Fsp3) is 0.0556. The molecule has 1 heterocycles. The van der Waals surface area contributed by atoms with Crippen molar-refractivity contribution in [2.24, 2.45) is 0 Å². The SMILES string of the molecule is O=C1C(=O)N(c2ccc(C(=O)O)cc2)C/C1=C\c1ccccc1. The molecule has 2 aromatic rings. The predicted molar refractivity (Wildman–Crippen MR) is 85.2 cm³/mol. The van der Waals surface area contributed by atoms with Gasteiger partial charge < -0.3 is 10.0 Å². The summed E-state index contributed by atoms with van der Waals surface area (Å²) >= 11 is 0. The molecule has 0 spiro atoms. The van der Waals surface area contributed by atoms with Crippen LogP contribution >= 0.6 is 0 Å². The van der Waals surface area contributed by atoms with Gasteiger partial charge in [-0.3, -0.25) is 9.59 Å². The van der Waals surface area contributed by atoms with Gasteiger partial charge in [-0.15, -0.1) is 0 Å². The maximum Gasteiger partial charge on any atom is 0.335 e. The topological polar surface area (TPSA) is 74.7 Å². The van der Waals surface area contributed by atoms with Gasteiger partial charge in [-0.1, -0.05) is 30.3 Å². The number of carbonyl (C=O) groups is 3. The lowest BCUT2D eigenvalue weighted by Gasteiger charge is -2.14. The molecule has 0 bridgehead atoms. The average Bonchev–Trinajstić information content (AvgIpc) is 2.84. The fourth-order valence-electron chi connectivity index (χ4n) is 2.43. The van der Waals surface area contributed by atoms with E-state index in [0.717, 1.165) is 5.56 Å². The first kappa shape index (κ1) is 14.7. The molecular formula is C18H13NO4. The van der Waals surface area contributed by atoms with Crippen LogP contribution in [0.4, 0.5) is 5.69 Å². The van der Waals surface area contributed by atoms with Crippen molar-refractivity contribution in [3.05, 3.63) is 71.3 Å². The summed E-state index contributed by atoms with van der Waals surface area (Å²) in [5, 5.41) is 8.90. The standard InChI is InChI=1S/C18H13NO4/c20-16-14(10-12-4-2-1-3-5-12)11-19(17(16)21)15-8-6-13(7-9-15)18(22)23/h1-10H,11H2,(H,22,23)/b14-10+. The number of benzene rings is 2. The van der Waals surface area contributed by atoms with Crippen LogP contribution < -0.4 is 4.90 Å². The number of carboxylic acid groups (broad SMARTS) is 1. The molecule has 5 heteroatoms. The molecule has 1 aliphatic rings. The Balaban J connectivity index is 1.88. The third-order valence-electron chi connectivity index (χ3n) is 3.63. The van der Waals surface area contributed by atoms with E-state index in [9.17, 15) is 14.4 Å². The lowest BCUT2D eigenvalue weighted by molar-refractivity contribution is -0.132. The molecule has 114 valence electrons. The van der Waals surface area contributed by atoms with Crippen molar-refractivity contribution in [2.45, 2.75) is 0 Å². The number of aromatic carboxylic acids is 1. The molecule has 0 unspecified atom stereocenters. The molecule has 1 fully saturated rings. The molecule has 0 radical (unpaired) electrons. The Hall–Kier alpha value is -3.21. The highest BCUT2D eigenvalue weighted by Crippen LogP contribution is 2.24. The van der Waals surface area contributed by atoms with Crippen molar-refractivity contribution < 1.29 is 19.5 Å². The Morgan fingerprint density at radius 2 is 1.65 bits per heavy atom. The molecule has 1 amide bonds. The number of ketones is 1. The number of nitrogens with zero attached hydrogens (tertiary/aromatic N) is 1. The van der Waals surface area contributed by atoms with Crippen LogP contribution in [0.15, 0.2) is 60.2 Å². The van der Waals surface area contributed by atoms with Gasteiger partial charge in [0.1, 0.15) is 0 Å². The highest BCUT2D eigenvalue weighted by atomic mass is 16.4. The Bertz CT molecular complexity index is 807. The molecule has 2 aromatic carbocycles. The van der Waals surface area contributed by atoms with Crippen molar-refractivity contribution in [3.8, 4) is 0 Å². The molecule has 0 aromatic heterocycles. The fourth-order valence-corrected chi connectivity index (χ4v) is 2.43. The van der Waals surface area contributed by atoms with Crippen LogP contribution in [0.3, 0.4) is 0 Å². The molecule has 1 saturated heterocycles. The van der Waals surface area contributed by atoms with Gasteiger partial charge in [0, 0.05) is 11.3 Å². The summed E-state index contributed by atoms with van der Waals surface area (Å²) in [6.45, 7) is 0.180. The van der Waals surface area contributed by atoms with Crippen LogP contribution in [0.1, 0.15) is 15.9 Å². The van der Waals surface area contributed by atoms with Gasteiger partial charge in [0.15, 0.2) is 0 Å². The summed E-state index contributed by atoms with van der Waals surface area (Å²) in [5.41, 5.74) is 1.91. The summed E-state index contributed by atoms with van der Waals surface area (Å²) in [6.07, 6.45) is 1.70. The third kappa shape index (κ3) is 2.89. The quantitative estimate of drug-likeness (QED) is 0.698. The minimum atomic E-state index is -1.04. The summed E-state index contributed by atoms with van der Waals surface area (Å²) in [5.74, 6) is -2.17. The van der Waals surface area contributed by atoms with Gasteiger partial charge >= 0.3 is 5.97 Å². The van der Waals surface area contributed by atoms with E-state index in [0.29, 0.717) is 11.3 Å². The molecule has 1 aliphatic heterocycles. The van der Waals surface area contributed by atoms with Crippen molar-refractivity contribution in [2.75, 3.05) is 11.4 Å². The third-order valence-corrected chi connectivity index (χ3v) is 3.63. The lowest BCUT2D eigenvalue weighted by atomic mass is 10.1. The molecule has 1 N–H and O–H groups in total. The van der Waals surface area contributed by atoms with Crippen molar-refractivity contribution in [3.63, 3.8) is 0 Å². The van der Waals surface area contributed by atoms with Gasteiger partial charge in [-0.05, 0) is 35.9 Å².